The monoisotopic (exact) mass is 183 g/mol. The van der Waals surface area contributed by atoms with Gasteiger partial charge in [-0.15, -0.1) is 0 Å². The van der Waals surface area contributed by atoms with E-state index in [1.54, 1.807) is 12.4 Å². The number of hydrogen-bond acceptors (Lipinski definition) is 4. The molecule has 2 heterocycles. The van der Waals surface area contributed by atoms with Gasteiger partial charge < -0.3 is 0 Å². The van der Waals surface area contributed by atoms with E-state index in [0.717, 1.165) is 17.9 Å². The minimum Gasteiger partial charge on any atom is -0.249 e. The maximum Gasteiger partial charge on any atom is 0.115 e. The minimum absolute atomic E-state index is 0.627. The highest BCUT2D eigenvalue weighted by Gasteiger charge is 2.18. The molecule has 1 aliphatic heterocycles. The normalized spacial score (nSPS) is 19.7. The van der Waals surface area contributed by atoms with Gasteiger partial charge in [0.05, 0.1) is 22.1 Å². The first-order chi connectivity index (χ1) is 5.79. The summed E-state index contributed by atoms with van der Waals surface area (Å²) in [7, 11) is -1.90. The Kier molecular flexibility index (Phi) is 1.80. The molecule has 1 aromatic rings. The van der Waals surface area contributed by atoms with Crippen molar-refractivity contribution in [3.63, 3.8) is 0 Å². The Hall–Kier alpha value is -0.970. The van der Waals surface area contributed by atoms with Gasteiger partial charge in [-0.3, -0.25) is 0 Å². The first-order valence-electron chi connectivity index (χ1n) is 3.76. The van der Waals surface area contributed by atoms with Gasteiger partial charge in [0.2, 0.25) is 0 Å². The summed E-state index contributed by atoms with van der Waals surface area (Å²) < 4.78 is 15.7. The Morgan fingerprint density at radius 2 is 2.00 bits per heavy atom. The first kappa shape index (κ1) is 7.67. The van der Waals surface area contributed by atoms with Crippen LogP contribution in [0.4, 0.5) is 5.69 Å². The predicted molar refractivity (Wildman–Crippen MR) is 46.6 cm³/mol. The van der Waals surface area contributed by atoms with Crippen molar-refractivity contribution in [1.82, 2.24) is 9.97 Å². The van der Waals surface area contributed by atoms with Crippen LogP contribution in [0.5, 0.6) is 0 Å². The average Bonchev–Trinajstić information content (AvgIpc) is 2.04. The van der Waals surface area contributed by atoms with Crippen LogP contribution in [0.2, 0.25) is 0 Å². The highest BCUT2D eigenvalue weighted by molar-refractivity contribution is 7.95. The third-order valence-corrected chi connectivity index (χ3v) is 4.14. The lowest BCUT2D eigenvalue weighted by molar-refractivity contribution is 0.663. The summed E-state index contributed by atoms with van der Waals surface area (Å²) in [6.45, 7) is 0. The molecular formula is C7H9N3OS. The summed E-state index contributed by atoms with van der Waals surface area (Å²) >= 11 is 0. The van der Waals surface area contributed by atoms with Crippen LogP contribution in [0.25, 0.3) is 0 Å². The van der Waals surface area contributed by atoms with Crippen LogP contribution in [0, 0.1) is 0 Å². The summed E-state index contributed by atoms with van der Waals surface area (Å²) in [4.78, 5) is 7.59. The van der Waals surface area contributed by atoms with Crippen molar-refractivity contribution >= 4 is 15.4 Å². The van der Waals surface area contributed by atoms with Gasteiger partial charge in [0, 0.05) is 11.5 Å². The molecule has 1 aliphatic rings. The predicted octanol–water partition coefficient (Wildman–Crippen LogP) is 0.980. The summed E-state index contributed by atoms with van der Waals surface area (Å²) in [6.07, 6.45) is 5.62. The number of nitrogens with zero attached hydrogens (tertiary/aromatic N) is 3. The highest BCUT2D eigenvalue weighted by Crippen LogP contribution is 2.19. The smallest absolute Gasteiger partial charge is 0.115 e. The van der Waals surface area contributed by atoms with Gasteiger partial charge in [-0.25, -0.2) is 14.2 Å². The van der Waals surface area contributed by atoms with Crippen molar-refractivity contribution in [3.05, 3.63) is 18.7 Å². The Morgan fingerprint density at radius 1 is 1.33 bits per heavy atom. The zero-order chi connectivity index (χ0) is 8.44. The highest BCUT2D eigenvalue weighted by atomic mass is 32.2. The molecule has 1 fully saturated rings. The van der Waals surface area contributed by atoms with Crippen molar-refractivity contribution in [3.8, 4) is 0 Å². The molecule has 0 saturated carbocycles. The van der Waals surface area contributed by atoms with Crippen LogP contribution < -0.4 is 0 Å². The van der Waals surface area contributed by atoms with Gasteiger partial charge in [0.1, 0.15) is 12.0 Å². The molecule has 0 spiro atoms. The molecule has 2 rings (SSSR count). The molecule has 0 unspecified atom stereocenters. The third-order valence-electron chi connectivity index (χ3n) is 1.75. The molecule has 0 N–H and O–H groups in total. The Balaban J connectivity index is 2.35. The molecular weight excluding hydrogens is 174 g/mol. The second kappa shape index (κ2) is 2.82. The lowest BCUT2D eigenvalue weighted by Crippen LogP contribution is -2.22. The number of aromatic nitrogens is 2. The molecule has 0 atom stereocenters. The summed E-state index contributed by atoms with van der Waals surface area (Å²) in [5.74, 6) is 1.45. The maximum atomic E-state index is 11.6. The molecule has 5 heteroatoms. The van der Waals surface area contributed by atoms with E-state index in [9.17, 15) is 4.21 Å². The third kappa shape index (κ3) is 1.45. The standard InChI is InChI=1S/C7H9N3OS/c11-12(2-1-3-12)10-7-4-8-6-9-5-7/h4-6H,1-3H2. The fourth-order valence-corrected chi connectivity index (χ4v) is 2.46. The Morgan fingerprint density at radius 3 is 2.50 bits per heavy atom. The lowest BCUT2D eigenvalue weighted by atomic mass is 10.5. The first-order valence-corrected chi connectivity index (χ1v) is 5.61. The van der Waals surface area contributed by atoms with Gasteiger partial charge in [-0.1, -0.05) is 0 Å². The summed E-state index contributed by atoms with van der Waals surface area (Å²) in [5, 5.41) is 0. The van der Waals surface area contributed by atoms with Gasteiger partial charge in [-0.05, 0) is 6.42 Å². The minimum atomic E-state index is -1.90. The molecule has 0 radical (unpaired) electrons. The van der Waals surface area contributed by atoms with Crippen LogP contribution in [-0.2, 0) is 9.73 Å². The zero-order valence-corrected chi connectivity index (χ0v) is 7.33. The van der Waals surface area contributed by atoms with Gasteiger partial charge >= 0.3 is 0 Å². The number of hydrogen-bond donors (Lipinski definition) is 0. The van der Waals surface area contributed by atoms with E-state index in [1.807, 2.05) is 0 Å². The SMILES string of the molecule is O=S1(=Nc2cncnc2)CCC1. The van der Waals surface area contributed by atoms with E-state index in [2.05, 4.69) is 14.3 Å². The second-order valence-electron chi connectivity index (χ2n) is 2.72. The lowest BCUT2D eigenvalue weighted by Gasteiger charge is -2.17. The van der Waals surface area contributed by atoms with Crippen LogP contribution in [0.15, 0.2) is 23.1 Å². The molecule has 0 aliphatic carbocycles. The van der Waals surface area contributed by atoms with E-state index >= 15 is 0 Å². The van der Waals surface area contributed by atoms with E-state index in [4.69, 9.17) is 0 Å². The maximum absolute atomic E-state index is 11.6. The molecule has 64 valence electrons. The zero-order valence-electron chi connectivity index (χ0n) is 6.51. The van der Waals surface area contributed by atoms with Crippen LogP contribution in [0.3, 0.4) is 0 Å². The van der Waals surface area contributed by atoms with E-state index < -0.39 is 9.73 Å². The van der Waals surface area contributed by atoms with E-state index in [-0.39, 0.29) is 0 Å². The molecule has 12 heavy (non-hydrogen) atoms. The Labute approximate surface area is 71.2 Å². The fourth-order valence-electron chi connectivity index (χ4n) is 1.01. The van der Waals surface area contributed by atoms with Crippen molar-refractivity contribution < 1.29 is 4.21 Å². The van der Waals surface area contributed by atoms with Gasteiger partial charge in [0.15, 0.2) is 0 Å². The van der Waals surface area contributed by atoms with Crippen LogP contribution in [0.1, 0.15) is 6.42 Å². The summed E-state index contributed by atoms with van der Waals surface area (Å²) in [6, 6.07) is 0. The van der Waals surface area contributed by atoms with Crippen molar-refractivity contribution in [1.29, 1.82) is 0 Å². The van der Waals surface area contributed by atoms with Crippen molar-refractivity contribution in [2.24, 2.45) is 4.36 Å². The second-order valence-corrected chi connectivity index (χ2v) is 5.27. The largest absolute Gasteiger partial charge is 0.249 e. The summed E-state index contributed by atoms with van der Waals surface area (Å²) in [5.41, 5.74) is 0.627. The molecule has 4 nitrogen and oxygen atoms in total. The quantitative estimate of drug-likeness (QED) is 0.652. The molecule has 0 amide bonds. The molecule has 0 bridgehead atoms. The Bertz CT molecular complexity index is 371. The van der Waals surface area contributed by atoms with E-state index in [0.29, 0.717) is 5.69 Å². The number of rotatable bonds is 1. The fraction of sp³-hybridized carbons (Fsp3) is 0.429. The molecule has 1 aromatic heterocycles. The van der Waals surface area contributed by atoms with Crippen molar-refractivity contribution in [2.45, 2.75) is 6.42 Å². The average molecular weight is 183 g/mol. The van der Waals surface area contributed by atoms with Crippen LogP contribution in [-0.4, -0.2) is 25.7 Å². The van der Waals surface area contributed by atoms with Crippen LogP contribution >= 0.6 is 0 Å². The van der Waals surface area contributed by atoms with Gasteiger partial charge in [0.25, 0.3) is 0 Å². The molecule has 0 aromatic carbocycles. The topological polar surface area (TPSA) is 55.2 Å². The van der Waals surface area contributed by atoms with Crippen molar-refractivity contribution in [2.75, 3.05) is 11.5 Å². The van der Waals surface area contributed by atoms with E-state index in [1.165, 1.54) is 6.33 Å². The van der Waals surface area contributed by atoms with Gasteiger partial charge in [-0.2, -0.15) is 4.36 Å². The molecule has 1 saturated heterocycles.